The van der Waals surface area contributed by atoms with E-state index in [-0.39, 0.29) is 29.8 Å². The van der Waals surface area contributed by atoms with E-state index >= 15 is 0 Å². The van der Waals surface area contributed by atoms with Gasteiger partial charge in [0.1, 0.15) is 0 Å². The van der Waals surface area contributed by atoms with Crippen LogP contribution in [-0.4, -0.2) is 29.6 Å². The highest BCUT2D eigenvalue weighted by atomic mass is 35.5. The number of rotatable bonds is 9. The molecule has 2 aromatic carbocycles. The Morgan fingerprint density at radius 2 is 1.52 bits per heavy atom. The molecule has 0 aliphatic heterocycles. The van der Waals surface area contributed by atoms with Gasteiger partial charge in [-0.2, -0.15) is 10.5 Å². The number of halogens is 1. The molecule has 0 aliphatic rings. The van der Waals surface area contributed by atoms with Crippen LogP contribution in [0.4, 0.5) is 0 Å². The summed E-state index contributed by atoms with van der Waals surface area (Å²) in [4.78, 5) is 14.2. The van der Waals surface area contributed by atoms with Crippen LogP contribution in [0.25, 0.3) is 0 Å². The van der Waals surface area contributed by atoms with Crippen molar-refractivity contribution < 1.29 is 4.79 Å². The number of carbonyl (C=O) groups is 1. The molecule has 0 saturated carbocycles. The number of amides is 1. The summed E-state index contributed by atoms with van der Waals surface area (Å²) in [5.41, 5.74) is 2.18. The molecule has 0 N–H and O–H groups in total. The number of carbonyl (C=O) groups excluding carboxylic acids is 1. The van der Waals surface area contributed by atoms with Gasteiger partial charge in [0.2, 0.25) is 5.91 Å². The van der Waals surface area contributed by atoms with Gasteiger partial charge in [0.25, 0.3) is 0 Å². The van der Waals surface area contributed by atoms with E-state index in [1.807, 2.05) is 54.6 Å². The summed E-state index contributed by atoms with van der Waals surface area (Å²) in [5.74, 6) is 0.222. The third-order valence-corrected chi connectivity index (χ3v) is 5.53. The minimum atomic E-state index is -0.0552. The maximum Gasteiger partial charge on any atom is 0.232 e. The first-order valence-electron chi connectivity index (χ1n) is 8.59. The van der Waals surface area contributed by atoms with E-state index in [1.165, 1.54) is 11.8 Å². The van der Waals surface area contributed by atoms with Crippen molar-refractivity contribution in [2.24, 2.45) is 0 Å². The summed E-state index contributed by atoms with van der Waals surface area (Å²) in [7, 11) is 0. The van der Waals surface area contributed by atoms with Gasteiger partial charge in [-0.3, -0.25) is 4.79 Å². The van der Waals surface area contributed by atoms with Crippen molar-refractivity contribution in [1.82, 2.24) is 4.90 Å². The fraction of sp³-hybridized carbons (Fsp3) is 0.286. The first-order chi connectivity index (χ1) is 13.2. The highest BCUT2D eigenvalue weighted by molar-refractivity contribution is 8.00. The second-order valence-corrected chi connectivity index (χ2v) is 7.38. The lowest BCUT2D eigenvalue weighted by atomic mass is 10.0. The monoisotopic (exact) mass is 397 g/mol. The molecular weight excluding hydrogens is 378 g/mol. The van der Waals surface area contributed by atoms with E-state index in [4.69, 9.17) is 22.1 Å². The van der Waals surface area contributed by atoms with Gasteiger partial charge >= 0.3 is 0 Å². The molecule has 1 atom stereocenters. The van der Waals surface area contributed by atoms with Crippen LogP contribution in [-0.2, 0) is 4.79 Å². The number of thioether (sulfide) groups is 1. The van der Waals surface area contributed by atoms with E-state index in [0.29, 0.717) is 18.1 Å². The first-order valence-corrected chi connectivity index (χ1v) is 10.0. The van der Waals surface area contributed by atoms with Crippen molar-refractivity contribution in [1.29, 1.82) is 10.5 Å². The molecule has 2 rings (SSSR count). The molecule has 0 saturated heterocycles. The maximum absolute atomic E-state index is 12.6. The third kappa shape index (κ3) is 6.64. The standard InChI is InChI=1S/C21H20ClN3OS/c22-19-10-8-18(9-11-19)21(17-6-2-1-3-7-17)27-16-20(26)25(14-4-12-23)15-5-13-24/h1-3,6-11,21H,4-5,14-16H2. The molecule has 0 radical (unpaired) electrons. The summed E-state index contributed by atoms with van der Waals surface area (Å²) in [6.07, 6.45) is 0.530. The quantitative estimate of drug-likeness (QED) is 0.608. The lowest BCUT2D eigenvalue weighted by Crippen LogP contribution is -2.34. The molecule has 0 aromatic heterocycles. The van der Waals surface area contributed by atoms with Gasteiger partial charge in [0, 0.05) is 18.1 Å². The summed E-state index contributed by atoms with van der Waals surface area (Å²) in [6, 6.07) is 21.8. The van der Waals surface area contributed by atoms with Gasteiger partial charge < -0.3 is 4.90 Å². The number of nitrogens with zero attached hydrogens (tertiary/aromatic N) is 3. The molecule has 4 nitrogen and oxygen atoms in total. The molecular formula is C21H20ClN3OS. The molecule has 27 heavy (non-hydrogen) atoms. The zero-order valence-corrected chi connectivity index (χ0v) is 16.4. The number of hydrogen-bond acceptors (Lipinski definition) is 4. The Labute approximate surface area is 169 Å². The minimum absolute atomic E-state index is 0.00111. The summed E-state index contributed by atoms with van der Waals surface area (Å²) in [5, 5.41) is 18.3. The zero-order valence-electron chi connectivity index (χ0n) is 14.8. The Bertz CT molecular complexity index is 794. The Morgan fingerprint density at radius 1 is 0.963 bits per heavy atom. The number of hydrogen-bond donors (Lipinski definition) is 0. The minimum Gasteiger partial charge on any atom is -0.340 e. The Hall–Kier alpha value is -2.47. The van der Waals surface area contributed by atoms with Crippen LogP contribution >= 0.6 is 23.4 Å². The van der Waals surface area contributed by atoms with Crippen LogP contribution in [0.5, 0.6) is 0 Å². The Kier molecular flexibility index (Phi) is 8.71. The maximum atomic E-state index is 12.6. The van der Waals surface area contributed by atoms with Crippen molar-refractivity contribution in [3.8, 4) is 12.1 Å². The van der Waals surface area contributed by atoms with Gasteiger partial charge in [-0.05, 0) is 23.3 Å². The van der Waals surface area contributed by atoms with E-state index in [1.54, 1.807) is 4.90 Å². The van der Waals surface area contributed by atoms with Crippen molar-refractivity contribution in [3.05, 3.63) is 70.7 Å². The lowest BCUT2D eigenvalue weighted by Gasteiger charge is -2.23. The molecule has 6 heteroatoms. The van der Waals surface area contributed by atoms with Crippen molar-refractivity contribution in [2.75, 3.05) is 18.8 Å². The lowest BCUT2D eigenvalue weighted by molar-refractivity contribution is -0.128. The second-order valence-electron chi connectivity index (χ2n) is 5.85. The van der Waals surface area contributed by atoms with Crippen LogP contribution in [0.3, 0.4) is 0 Å². The molecule has 0 spiro atoms. The van der Waals surface area contributed by atoms with E-state index in [2.05, 4.69) is 12.1 Å². The summed E-state index contributed by atoms with van der Waals surface area (Å²) in [6.45, 7) is 0.711. The van der Waals surface area contributed by atoms with E-state index in [0.717, 1.165) is 11.1 Å². The van der Waals surface area contributed by atoms with Crippen molar-refractivity contribution >= 4 is 29.3 Å². The fourth-order valence-electron chi connectivity index (χ4n) is 2.63. The Balaban J connectivity index is 2.13. The van der Waals surface area contributed by atoms with Crippen LogP contribution in [0.2, 0.25) is 5.02 Å². The smallest absolute Gasteiger partial charge is 0.232 e. The number of nitriles is 2. The average molecular weight is 398 g/mol. The van der Waals surface area contributed by atoms with Crippen LogP contribution < -0.4 is 0 Å². The SMILES string of the molecule is N#CCCN(CCC#N)C(=O)CSC(c1ccccc1)c1ccc(Cl)cc1. The summed E-state index contributed by atoms with van der Waals surface area (Å²) < 4.78 is 0. The average Bonchev–Trinajstić information content (AvgIpc) is 2.70. The van der Waals surface area contributed by atoms with Crippen LogP contribution in [0.1, 0.15) is 29.2 Å². The van der Waals surface area contributed by atoms with Gasteiger partial charge in [0.15, 0.2) is 0 Å². The molecule has 0 heterocycles. The molecule has 2 aromatic rings. The largest absolute Gasteiger partial charge is 0.340 e. The molecule has 1 amide bonds. The first kappa shape index (κ1) is 20.8. The second kappa shape index (κ2) is 11.3. The van der Waals surface area contributed by atoms with Crippen LogP contribution in [0, 0.1) is 22.7 Å². The summed E-state index contributed by atoms with van der Waals surface area (Å²) >= 11 is 7.55. The molecule has 0 aliphatic carbocycles. The normalized spacial score (nSPS) is 11.2. The fourth-order valence-corrected chi connectivity index (χ4v) is 3.94. The predicted molar refractivity (Wildman–Crippen MR) is 109 cm³/mol. The zero-order chi connectivity index (χ0) is 19.5. The third-order valence-electron chi connectivity index (χ3n) is 3.99. The Morgan fingerprint density at radius 3 is 2.07 bits per heavy atom. The van der Waals surface area contributed by atoms with Crippen molar-refractivity contribution in [3.63, 3.8) is 0 Å². The molecule has 0 bridgehead atoms. The van der Waals surface area contributed by atoms with Gasteiger partial charge in [0.05, 0.1) is 36.0 Å². The van der Waals surface area contributed by atoms with E-state index < -0.39 is 0 Å². The molecule has 1 unspecified atom stereocenters. The van der Waals surface area contributed by atoms with Crippen molar-refractivity contribution in [2.45, 2.75) is 18.1 Å². The predicted octanol–water partition coefficient (Wildman–Crippen LogP) is 4.82. The van der Waals surface area contributed by atoms with Crippen LogP contribution in [0.15, 0.2) is 54.6 Å². The molecule has 0 fully saturated rings. The van der Waals surface area contributed by atoms with Gasteiger partial charge in [-0.15, -0.1) is 11.8 Å². The topological polar surface area (TPSA) is 67.9 Å². The van der Waals surface area contributed by atoms with Gasteiger partial charge in [-0.1, -0.05) is 54.1 Å². The molecule has 138 valence electrons. The number of benzene rings is 2. The highest BCUT2D eigenvalue weighted by Gasteiger charge is 2.19. The highest BCUT2D eigenvalue weighted by Crippen LogP contribution is 2.36. The van der Waals surface area contributed by atoms with E-state index in [9.17, 15) is 4.79 Å². The van der Waals surface area contributed by atoms with Gasteiger partial charge in [-0.25, -0.2) is 0 Å².